The van der Waals surface area contributed by atoms with Crippen molar-refractivity contribution in [1.82, 2.24) is 4.90 Å². The lowest BCUT2D eigenvalue weighted by Gasteiger charge is -2.37. The predicted molar refractivity (Wildman–Crippen MR) is 184 cm³/mol. The molecule has 0 aliphatic carbocycles. The molecular formula is C37H46ClN3O6. The Morgan fingerprint density at radius 1 is 1.02 bits per heavy atom. The molecule has 3 aliphatic heterocycles. The Bertz CT molecular complexity index is 1480. The normalized spacial score (nSPS) is 25.8. The van der Waals surface area contributed by atoms with E-state index in [9.17, 15) is 19.5 Å². The fourth-order valence-electron chi connectivity index (χ4n) is 7.95. The number of benzene rings is 2. The first kappa shape index (κ1) is 34.7. The van der Waals surface area contributed by atoms with Crippen LogP contribution in [0, 0.1) is 11.8 Å². The van der Waals surface area contributed by atoms with E-state index in [1.807, 2.05) is 44.2 Å². The molecule has 10 heteroatoms. The van der Waals surface area contributed by atoms with Gasteiger partial charge in [0.15, 0.2) is 0 Å². The van der Waals surface area contributed by atoms with Crippen LogP contribution in [0.3, 0.4) is 0 Å². The average Bonchev–Trinajstić information content (AvgIpc) is 3.68. The van der Waals surface area contributed by atoms with E-state index in [2.05, 4.69) is 13.2 Å². The average molecular weight is 664 g/mol. The first-order chi connectivity index (χ1) is 22.7. The molecule has 5 rings (SSSR count). The Morgan fingerprint density at radius 3 is 2.36 bits per heavy atom. The molecule has 1 N–H and O–H groups in total. The molecule has 3 saturated heterocycles. The van der Waals surface area contributed by atoms with Gasteiger partial charge in [-0.2, -0.15) is 0 Å². The van der Waals surface area contributed by atoms with E-state index in [1.54, 1.807) is 45.1 Å². The number of amides is 3. The fourth-order valence-corrected chi connectivity index (χ4v) is 8.18. The molecule has 2 aromatic rings. The number of halogens is 1. The standard InChI is InChI=1S/C37H46ClN3O6/c1-5-22-39(26-16-18-27(19-17-26)46-8-4)33(43)30-31-34(44)41(24-12-9-13-25-42)32(37(31)21-20-36(30,7-3)47-37)35(45)40(23-6-2)29-15-11-10-14-28(29)38/h5-6,10-11,14-19,30-32,42H,1-2,7-9,12-13,20-25H2,3-4H3/t30-,31+,32?,36+,37?/m1/s1. The number of para-hydroxylation sites is 1. The summed E-state index contributed by atoms with van der Waals surface area (Å²) in [6.45, 7) is 13.0. The Hall–Kier alpha value is -3.66. The highest BCUT2D eigenvalue weighted by atomic mass is 35.5. The number of anilines is 2. The number of ether oxygens (including phenoxy) is 2. The van der Waals surface area contributed by atoms with Crippen LogP contribution < -0.4 is 14.5 Å². The summed E-state index contributed by atoms with van der Waals surface area (Å²) in [6.07, 6.45) is 6.71. The van der Waals surface area contributed by atoms with Crippen LogP contribution in [-0.2, 0) is 19.1 Å². The van der Waals surface area contributed by atoms with Crippen LogP contribution in [0.15, 0.2) is 73.8 Å². The summed E-state index contributed by atoms with van der Waals surface area (Å²) in [4.78, 5) is 49.2. The minimum atomic E-state index is -1.19. The van der Waals surface area contributed by atoms with E-state index in [4.69, 9.17) is 21.1 Å². The molecule has 47 heavy (non-hydrogen) atoms. The van der Waals surface area contributed by atoms with Gasteiger partial charge < -0.3 is 29.3 Å². The molecule has 1 spiro atoms. The van der Waals surface area contributed by atoms with Crippen LogP contribution in [-0.4, -0.2) is 77.8 Å². The maximum absolute atomic E-state index is 14.9. The molecule has 3 fully saturated rings. The van der Waals surface area contributed by atoms with Crippen LogP contribution in [0.25, 0.3) is 0 Å². The van der Waals surface area contributed by atoms with E-state index in [0.717, 1.165) is 0 Å². The quantitative estimate of drug-likeness (QED) is 0.180. The fraction of sp³-hybridized carbons (Fsp3) is 0.486. The Labute approximate surface area is 282 Å². The molecule has 0 aromatic heterocycles. The summed E-state index contributed by atoms with van der Waals surface area (Å²) in [5.74, 6) is -1.73. The number of rotatable bonds is 16. The summed E-state index contributed by atoms with van der Waals surface area (Å²) in [6, 6.07) is 13.5. The highest BCUT2D eigenvalue weighted by Crippen LogP contribution is 2.65. The molecule has 0 saturated carbocycles. The lowest BCUT2D eigenvalue weighted by atomic mass is 9.64. The molecule has 2 bridgehead atoms. The number of carbonyl (C=O) groups is 3. The highest BCUT2D eigenvalue weighted by molar-refractivity contribution is 6.34. The maximum atomic E-state index is 14.9. The van der Waals surface area contributed by atoms with Crippen LogP contribution in [0.1, 0.15) is 52.4 Å². The minimum Gasteiger partial charge on any atom is -0.494 e. The number of carbonyl (C=O) groups excluding carboxylic acids is 3. The topological polar surface area (TPSA) is 99.6 Å². The van der Waals surface area contributed by atoms with Gasteiger partial charge in [-0.05, 0) is 81.8 Å². The first-order valence-electron chi connectivity index (χ1n) is 16.7. The van der Waals surface area contributed by atoms with Gasteiger partial charge in [0.05, 0.1) is 34.8 Å². The van der Waals surface area contributed by atoms with Gasteiger partial charge in [0, 0.05) is 31.9 Å². The van der Waals surface area contributed by atoms with Crippen LogP contribution >= 0.6 is 11.6 Å². The van der Waals surface area contributed by atoms with Gasteiger partial charge in [-0.15, -0.1) is 13.2 Å². The Kier molecular flexibility index (Phi) is 10.8. The Morgan fingerprint density at radius 2 is 1.72 bits per heavy atom. The van der Waals surface area contributed by atoms with Crippen molar-refractivity contribution in [2.45, 2.75) is 69.6 Å². The maximum Gasteiger partial charge on any atom is 0.253 e. The second-order valence-electron chi connectivity index (χ2n) is 12.5. The number of unbranched alkanes of at least 4 members (excludes halogenated alkanes) is 2. The van der Waals surface area contributed by atoms with Crippen molar-refractivity contribution in [1.29, 1.82) is 0 Å². The van der Waals surface area contributed by atoms with Crippen LogP contribution in [0.2, 0.25) is 5.02 Å². The minimum absolute atomic E-state index is 0.0475. The number of hydrogen-bond donors (Lipinski definition) is 1. The zero-order chi connectivity index (χ0) is 33.8. The van der Waals surface area contributed by atoms with E-state index < -0.39 is 29.1 Å². The van der Waals surface area contributed by atoms with Gasteiger partial charge in [0.2, 0.25) is 11.8 Å². The monoisotopic (exact) mass is 663 g/mol. The molecule has 3 heterocycles. The van der Waals surface area contributed by atoms with Gasteiger partial charge >= 0.3 is 0 Å². The number of fused-ring (bicyclic) bond motifs is 1. The summed E-state index contributed by atoms with van der Waals surface area (Å²) >= 11 is 6.61. The number of likely N-dealkylation sites (tertiary alicyclic amines) is 1. The van der Waals surface area contributed by atoms with Gasteiger partial charge in [-0.1, -0.05) is 42.8 Å². The van der Waals surface area contributed by atoms with Crippen LogP contribution in [0.4, 0.5) is 11.4 Å². The van der Waals surface area contributed by atoms with Crippen molar-refractivity contribution in [3.8, 4) is 5.75 Å². The lowest BCUT2D eigenvalue weighted by molar-refractivity contribution is -0.146. The van der Waals surface area contributed by atoms with Crippen molar-refractivity contribution >= 4 is 40.7 Å². The molecule has 0 radical (unpaired) electrons. The third-order valence-corrected chi connectivity index (χ3v) is 10.3. The molecule has 2 unspecified atom stereocenters. The van der Waals surface area contributed by atoms with Crippen molar-refractivity contribution < 1.29 is 29.0 Å². The van der Waals surface area contributed by atoms with Crippen molar-refractivity contribution in [3.05, 3.63) is 78.9 Å². The van der Waals surface area contributed by atoms with Crippen molar-refractivity contribution in [2.24, 2.45) is 11.8 Å². The van der Waals surface area contributed by atoms with Crippen molar-refractivity contribution in [3.63, 3.8) is 0 Å². The molecule has 9 nitrogen and oxygen atoms in total. The number of aliphatic hydroxyl groups excluding tert-OH is 1. The summed E-state index contributed by atoms with van der Waals surface area (Å²) < 4.78 is 12.6. The molecule has 252 valence electrons. The van der Waals surface area contributed by atoms with E-state index in [-0.39, 0.29) is 37.4 Å². The van der Waals surface area contributed by atoms with Crippen molar-refractivity contribution in [2.75, 3.05) is 42.6 Å². The molecular weight excluding hydrogens is 618 g/mol. The van der Waals surface area contributed by atoms with Gasteiger partial charge in [0.1, 0.15) is 17.4 Å². The number of aliphatic hydroxyl groups is 1. The van der Waals surface area contributed by atoms with E-state index >= 15 is 0 Å². The molecule has 5 atom stereocenters. The summed E-state index contributed by atoms with van der Waals surface area (Å²) in [5, 5.41) is 9.80. The van der Waals surface area contributed by atoms with E-state index in [0.29, 0.717) is 73.8 Å². The summed E-state index contributed by atoms with van der Waals surface area (Å²) in [5.41, 5.74) is -0.918. The van der Waals surface area contributed by atoms with Gasteiger partial charge in [-0.25, -0.2) is 0 Å². The largest absolute Gasteiger partial charge is 0.494 e. The smallest absolute Gasteiger partial charge is 0.253 e. The Balaban J connectivity index is 1.58. The number of nitrogens with zero attached hydrogens (tertiary/aromatic N) is 3. The zero-order valence-corrected chi connectivity index (χ0v) is 28.2. The van der Waals surface area contributed by atoms with Gasteiger partial charge in [0.25, 0.3) is 5.91 Å². The predicted octanol–water partition coefficient (Wildman–Crippen LogP) is 5.79. The SMILES string of the molecule is C=CCN(C(=O)[C@H]1[C@H]2C(=O)N(CCCCCO)C(C(=O)N(CC=C)c3ccccc3Cl)C23CC[C@]1(CC)O3)c1ccc(OCC)cc1. The second kappa shape index (κ2) is 14.6. The third-order valence-electron chi connectivity index (χ3n) is 10.00. The molecule has 2 aromatic carbocycles. The third kappa shape index (κ3) is 6.09. The molecule has 3 amide bonds. The molecule has 3 aliphatic rings. The van der Waals surface area contributed by atoms with Gasteiger partial charge in [-0.3, -0.25) is 14.4 Å². The lowest BCUT2D eigenvalue weighted by Crippen LogP contribution is -2.56. The van der Waals surface area contributed by atoms with E-state index in [1.165, 1.54) is 0 Å². The second-order valence-corrected chi connectivity index (χ2v) is 12.9. The first-order valence-corrected chi connectivity index (χ1v) is 17.0. The van der Waals surface area contributed by atoms with Crippen LogP contribution in [0.5, 0.6) is 5.75 Å². The highest BCUT2D eigenvalue weighted by Gasteiger charge is 2.79. The summed E-state index contributed by atoms with van der Waals surface area (Å²) in [7, 11) is 0. The zero-order valence-electron chi connectivity index (χ0n) is 27.4. The number of hydrogen-bond acceptors (Lipinski definition) is 6.